The van der Waals surface area contributed by atoms with Crippen LogP contribution in [0.4, 0.5) is 13.2 Å². The van der Waals surface area contributed by atoms with Crippen LogP contribution in [0.2, 0.25) is 25.7 Å². The highest BCUT2D eigenvalue weighted by atomic mass is 28.3. The zero-order valence-corrected chi connectivity index (χ0v) is 20.0. The van der Waals surface area contributed by atoms with Gasteiger partial charge in [0.2, 0.25) is 0 Å². The maximum Gasteiger partial charge on any atom is 0.425 e. The van der Waals surface area contributed by atoms with E-state index in [2.05, 4.69) is 24.7 Å². The number of nitrogens with zero attached hydrogens (tertiary/aromatic N) is 3. The Labute approximate surface area is 186 Å². The number of aliphatic carboxylic acids is 1. The molecule has 0 amide bonds. The highest BCUT2D eigenvalue weighted by molar-refractivity contribution is 6.76. The molecule has 0 bridgehead atoms. The maximum absolute atomic E-state index is 13.7. The van der Waals surface area contributed by atoms with E-state index in [1.165, 1.54) is 0 Å². The van der Waals surface area contributed by atoms with Crippen LogP contribution in [0.15, 0.2) is 11.0 Å². The summed E-state index contributed by atoms with van der Waals surface area (Å²) in [5.74, 6) is -2.04. The van der Waals surface area contributed by atoms with E-state index in [4.69, 9.17) is 14.2 Å². The smallest absolute Gasteiger partial charge is 0.425 e. The minimum atomic E-state index is -4.98. The first-order valence-electron chi connectivity index (χ1n) is 10.0. The lowest BCUT2D eigenvalue weighted by atomic mass is 10.2. The summed E-state index contributed by atoms with van der Waals surface area (Å²) in [6.45, 7) is 6.08. The van der Waals surface area contributed by atoms with Crippen molar-refractivity contribution in [3.63, 3.8) is 0 Å². The molecule has 1 aromatic rings. The van der Waals surface area contributed by atoms with Gasteiger partial charge in [-0.1, -0.05) is 19.6 Å². The fourth-order valence-corrected chi connectivity index (χ4v) is 3.28. The molecular formula is C19H31F3N3O6Si-. The van der Waals surface area contributed by atoms with Crippen molar-refractivity contribution in [2.75, 3.05) is 40.5 Å². The normalized spacial score (nSPS) is 13.4. The number of carboxylic acid groups (broad SMARTS) is 1. The van der Waals surface area contributed by atoms with Gasteiger partial charge in [0, 0.05) is 33.6 Å². The Balaban J connectivity index is 3.02. The van der Waals surface area contributed by atoms with E-state index in [0.717, 1.165) is 12.2 Å². The number of hydrogen-bond donors (Lipinski definition) is 0. The van der Waals surface area contributed by atoms with Crippen molar-refractivity contribution in [2.24, 2.45) is 0 Å². The molecule has 1 heterocycles. The first kappa shape index (κ1) is 28.1. The molecule has 0 aliphatic carbocycles. The van der Waals surface area contributed by atoms with E-state index < -0.39 is 49.9 Å². The van der Waals surface area contributed by atoms with E-state index in [-0.39, 0.29) is 26.2 Å². The van der Waals surface area contributed by atoms with Crippen molar-refractivity contribution in [1.29, 1.82) is 0 Å². The molecule has 0 N–H and O–H groups in total. The van der Waals surface area contributed by atoms with Crippen molar-refractivity contribution >= 4 is 14.0 Å². The second kappa shape index (κ2) is 12.3. The van der Waals surface area contributed by atoms with Crippen molar-refractivity contribution in [3.05, 3.63) is 22.1 Å². The fraction of sp³-hybridized carbons (Fsp3) is 0.737. The number of alkyl halides is 3. The van der Waals surface area contributed by atoms with Gasteiger partial charge in [-0.05, 0) is 20.1 Å². The minimum absolute atomic E-state index is 0.158. The van der Waals surface area contributed by atoms with Crippen LogP contribution < -0.4 is 15.4 Å². The molecular weight excluding hydrogens is 451 g/mol. The Morgan fingerprint density at radius 3 is 2.44 bits per heavy atom. The lowest BCUT2D eigenvalue weighted by molar-refractivity contribution is -0.306. The van der Waals surface area contributed by atoms with E-state index in [1.54, 1.807) is 19.0 Å². The number of ether oxygens (including phenoxy) is 3. The van der Waals surface area contributed by atoms with Crippen LogP contribution in [-0.2, 0) is 27.2 Å². The summed E-state index contributed by atoms with van der Waals surface area (Å²) in [6, 6.07) is 0.791. The second-order valence-electron chi connectivity index (χ2n) is 8.73. The van der Waals surface area contributed by atoms with Gasteiger partial charge in [0.25, 0.3) is 5.56 Å². The summed E-state index contributed by atoms with van der Waals surface area (Å²) in [7, 11) is 1.96. The molecule has 32 heavy (non-hydrogen) atoms. The first-order chi connectivity index (χ1) is 14.7. The molecule has 184 valence electrons. The first-order valence-corrected chi connectivity index (χ1v) is 13.8. The molecule has 0 spiro atoms. The molecule has 1 aromatic heterocycles. The van der Waals surface area contributed by atoms with Gasteiger partial charge in [0.05, 0.1) is 19.4 Å². The fourth-order valence-electron chi connectivity index (χ4n) is 2.53. The summed E-state index contributed by atoms with van der Waals surface area (Å²) in [5, 5.41) is 14.2. The largest absolute Gasteiger partial charge is 0.550 e. The monoisotopic (exact) mass is 482 g/mol. The van der Waals surface area contributed by atoms with Crippen LogP contribution in [0.5, 0.6) is 5.75 Å². The quantitative estimate of drug-likeness (QED) is 0.286. The molecule has 13 heteroatoms. The van der Waals surface area contributed by atoms with Crippen LogP contribution in [0, 0.1) is 0 Å². The van der Waals surface area contributed by atoms with Gasteiger partial charge >= 0.3 is 6.18 Å². The lowest BCUT2D eigenvalue weighted by Crippen LogP contribution is -2.38. The number of hydrogen-bond acceptors (Lipinski definition) is 8. The molecule has 0 aromatic carbocycles. The SMILES string of the molecule is CN(C)CC(COCCC(=O)[O-])Oc1cnn(COCC[Si](C)(C)C)c(=O)c1C(F)(F)F. The average molecular weight is 483 g/mol. The molecule has 9 nitrogen and oxygen atoms in total. The molecule has 1 atom stereocenters. The highest BCUT2D eigenvalue weighted by Gasteiger charge is 2.39. The Morgan fingerprint density at radius 1 is 1.25 bits per heavy atom. The Kier molecular flexibility index (Phi) is 10.8. The number of carbonyl (C=O) groups excluding carboxylic acids is 1. The van der Waals surface area contributed by atoms with Crippen molar-refractivity contribution in [1.82, 2.24) is 14.7 Å². The van der Waals surface area contributed by atoms with E-state index in [0.29, 0.717) is 11.3 Å². The summed E-state index contributed by atoms with van der Waals surface area (Å²) in [6.07, 6.45) is -5.42. The van der Waals surface area contributed by atoms with Crippen molar-refractivity contribution < 1.29 is 37.3 Å². The lowest BCUT2D eigenvalue weighted by Gasteiger charge is -2.24. The standard InChI is InChI=1S/C19H32F3N3O6Si/c1-24(2)11-14(12-29-7-6-16(26)27)31-15-10-23-25(13-30-8-9-32(3,4)5)18(28)17(15)19(20,21)22/h10,14H,6-9,11-13H2,1-5H3,(H,26,27)/p-1. The third-order valence-electron chi connectivity index (χ3n) is 4.12. The van der Waals surface area contributed by atoms with Crippen LogP contribution in [-0.4, -0.2) is 75.3 Å². The molecule has 0 aliphatic rings. The highest BCUT2D eigenvalue weighted by Crippen LogP contribution is 2.33. The zero-order valence-electron chi connectivity index (χ0n) is 19.0. The third-order valence-corrected chi connectivity index (χ3v) is 5.82. The average Bonchev–Trinajstić information content (AvgIpc) is 2.61. The predicted octanol–water partition coefficient (Wildman–Crippen LogP) is 1.04. The van der Waals surface area contributed by atoms with Gasteiger partial charge in [0.1, 0.15) is 12.8 Å². The molecule has 0 aliphatic heterocycles. The summed E-state index contributed by atoms with van der Waals surface area (Å²) in [4.78, 5) is 24.6. The maximum atomic E-state index is 13.7. The van der Waals surface area contributed by atoms with Gasteiger partial charge in [-0.15, -0.1) is 0 Å². The van der Waals surface area contributed by atoms with Crippen molar-refractivity contribution in [2.45, 2.75) is 51.1 Å². The second-order valence-corrected chi connectivity index (χ2v) is 14.4. The number of halogens is 3. The van der Waals surface area contributed by atoms with Gasteiger partial charge in [-0.2, -0.15) is 18.3 Å². The van der Waals surface area contributed by atoms with Crippen molar-refractivity contribution in [3.8, 4) is 5.75 Å². The molecule has 0 radical (unpaired) electrons. The number of carboxylic acids is 1. The number of carbonyl (C=O) groups is 1. The molecule has 0 fully saturated rings. The van der Waals surface area contributed by atoms with Crippen LogP contribution in [0.1, 0.15) is 12.0 Å². The molecule has 0 saturated carbocycles. The molecule has 0 saturated heterocycles. The summed E-state index contributed by atoms with van der Waals surface area (Å²) < 4.78 is 57.6. The predicted molar refractivity (Wildman–Crippen MR) is 111 cm³/mol. The Bertz CT molecular complexity index is 796. The van der Waals surface area contributed by atoms with Crippen LogP contribution >= 0.6 is 0 Å². The summed E-state index contributed by atoms with van der Waals surface area (Å²) in [5.41, 5.74) is -2.86. The van der Waals surface area contributed by atoms with Gasteiger partial charge in [-0.3, -0.25) is 4.79 Å². The van der Waals surface area contributed by atoms with E-state index >= 15 is 0 Å². The zero-order chi connectivity index (χ0) is 24.5. The summed E-state index contributed by atoms with van der Waals surface area (Å²) >= 11 is 0. The number of rotatable bonds is 14. The van der Waals surface area contributed by atoms with Gasteiger partial charge in [-0.25, -0.2) is 4.68 Å². The minimum Gasteiger partial charge on any atom is -0.550 e. The third kappa shape index (κ3) is 10.6. The van der Waals surface area contributed by atoms with Crippen LogP contribution in [0.25, 0.3) is 0 Å². The van der Waals surface area contributed by atoms with Gasteiger partial charge in [0.15, 0.2) is 11.3 Å². The Hall–Kier alpha value is -1.96. The van der Waals surface area contributed by atoms with Gasteiger partial charge < -0.3 is 29.0 Å². The van der Waals surface area contributed by atoms with Crippen LogP contribution in [0.3, 0.4) is 0 Å². The van der Waals surface area contributed by atoms with E-state index in [9.17, 15) is 27.9 Å². The topological polar surface area (TPSA) is 106 Å². The van der Waals surface area contributed by atoms with E-state index in [1.807, 2.05) is 0 Å². The Morgan fingerprint density at radius 2 is 1.91 bits per heavy atom. The number of aromatic nitrogens is 2. The number of likely N-dealkylation sites (N-methyl/N-ethyl adjacent to an activating group) is 1. The molecule has 1 rings (SSSR count). The molecule has 1 unspecified atom stereocenters.